The molecule has 6 heteroatoms. The first-order valence-electron chi connectivity index (χ1n) is 10.4. The summed E-state index contributed by atoms with van der Waals surface area (Å²) in [6, 6.07) is 17.6. The quantitative estimate of drug-likeness (QED) is 0.661. The first kappa shape index (κ1) is 21.0. The van der Waals surface area contributed by atoms with Crippen LogP contribution < -0.4 is 10.5 Å². The molecule has 1 amide bonds. The van der Waals surface area contributed by atoms with Gasteiger partial charge in [0.25, 0.3) is 0 Å². The van der Waals surface area contributed by atoms with E-state index in [1.165, 1.54) is 11.1 Å². The van der Waals surface area contributed by atoms with E-state index in [0.717, 1.165) is 42.2 Å². The predicted molar refractivity (Wildman–Crippen MR) is 120 cm³/mol. The van der Waals surface area contributed by atoms with Gasteiger partial charge in [0, 0.05) is 42.5 Å². The lowest BCUT2D eigenvalue weighted by molar-refractivity contribution is -0.0351. The van der Waals surface area contributed by atoms with Crippen LogP contribution in [-0.4, -0.2) is 42.6 Å². The average molecular weight is 418 g/mol. The number of rotatable bonds is 6. The average Bonchev–Trinajstić information content (AvgIpc) is 2.80. The van der Waals surface area contributed by atoms with Gasteiger partial charge in [0.1, 0.15) is 11.9 Å². The highest BCUT2D eigenvalue weighted by molar-refractivity contribution is 5.93. The van der Waals surface area contributed by atoms with Crippen molar-refractivity contribution in [3.05, 3.63) is 83.2 Å². The van der Waals surface area contributed by atoms with Crippen LogP contribution in [-0.2, 0) is 11.3 Å². The zero-order valence-electron chi connectivity index (χ0n) is 17.9. The Bertz CT molecular complexity index is 1050. The van der Waals surface area contributed by atoms with E-state index in [1.807, 2.05) is 30.5 Å². The Morgan fingerprint density at radius 2 is 1.94 bits per heavy atom. The Morgan fingerprint density at radius 3 is 2.61 bits per heavy atom. The summed E-state index contributed by atoms with van der Waals surface area (Å²) in [4.78, 5) is 18.3. The van der Waals surface area contributed by atoms with E-state index in [2.05, 4.69) is 35.0 Å². The maximum atomic E-state index is 11.2. The Morgan fingerprint density at radius 1 is 1.16 bits per heavy atom. The highest BCUT2D eigenvalue weighted by atomic mass is 16.5. The van der Waals surface area contributed by atoms with E-state index in [4.69, 9.17) is 15.2 Å². The topological polar surface area (TPSA) is 77.7 Å². The maximum Gasteiger partial charge on any atom is 0.248 e. The molecule has 1 fully saturated rings. The predicted octanol–water partition coefficient (Wildman–Crippen LogP) is 3.74. The lowest BCUT2D eigenvalue weighted by Crippen LogP contribution is -2.38. The summed E-state index contributed by atoms with van der Waals surface area (Å²) in [6.07, 6.45) is 1.77. The Kier molecular flexibility index (Phi) is 6.30. The molecule has 0 radical (unpaired) electrons. The molecule has 6 nitrogen and oxygen atoms in total. The number of ether oxygens (including phenoxy) is 2. The molecule has 0 saturated carbocycles. The molecule has 160 valence electrons. The van der Waals surface area contributed by atoms with Crippen molar-refractivity contribution in [2.24, 2.45) is 5.73 Å². The van der Waals surface area contributed by atoms with E-state index >= 15 is 0 Å². The van der Waals surface area contributed by atoms with Crippen molar-refractivity contribution in [3.8, 4) is 16.9 Å². The number of hydrogen-bond acceptors (Lipinski definition) is 5. The normalized spacial score (nSPS) is 16.8. The number of pyridine rings is 1. The molecular weight excluding hydrogens is 390 g/mol. The van der Waals surface area contributed by atoms with E-state index in [-0.39, 0.29) is 6.10 Å². The minimum atomic E-state index is -0.428. The number of amides is 1. The summed E-state index contributed by atoms with van der Waals surface area (Å²) in [5.74, 6) is 0.496. The second kappa shape index (κ2) is 9.29. The summed E-state index contributed by atoms with van der Waals surface area (Å²) in [6.45, 7) is 5.19. The van der Waals surface area contributed by atoms with Crippen molar-refractivity contribution in [3.63, 3.8) is 0 Å². The third kappa shape index (κ3) is 4.93. The highest BCUT2D eigenvalue weighted by Crippen LogP contribution is 2.27. The molecule has 31 heavy (non-hydrogen) atoms. The number of aromatic nitrogens is 1. The number of nitrogens with zero attached hydrogens (tertiary/aromatic N) is 2. The number of hydrogen-bond donors (Lipinski definition) is 1. The smallest absolute Gasteiger partial charge is 0.248 e. The summed E-state index contributed by atoms with van der Waals surface area (Å²) >= 11 is 0. The van der Waals surface area contributed by atoms with Crippen molar-refractivity contribution < 1.29 is 14.3 Å². The summed E-state index contributed by atoms with van der Waals surface area (Å²) in [5.41, 5.74) is 11.1. The van der Waals surface area contributed by atoms with Crippen molar-refractivity contribution in [2.45, 2.75) is 19.6 Å². The second-order valence-corrected chi connectivity index (χ2v) is 7.82. The van der Waals surface area contributed by atoms with Crippen LogP contribution in [0.3, 0.4) is 0 Å². The molecule has 1 aromatic heterocycles. The first-order chi connectivity index (χ1) is 15.0. The molecule has 1 atom stereocenters. The van der Waals surface area contributed by atoms with Crippen LogP contribution in [0.15, 0.2) is 60.8 Å². The minimum Gasteiger partial charge on any atom is -0.496 e. The summed E-state index contributed by atoms with van der Waals surface area (Å²) in [7, 11) is 1.72. The lowest BCUT2D eigenvalue weighted by Gasteiger charge is -2.33. The van der Waals surface area contributed by atoms with Crippen molar-refractivity contribution in [1.29, 1.82) is 0 Å². The van der Waals surface area contributed by atoms with Gasteiger partial charge in [-0.05, 0) is 42.3 Å². The van der Waals surface area contributed by atoms with Gasteiger partial charge in [-0.2, -0.15) is 0 Å². The molecule has 2 N–H and O–H groups in total. The largest absolute Gasteiger partial charge is 0.496 e. The van der Waals surface area contributed by atoms with Crippen molar-refractivity contribution >= 4 is 5.91 Å². The van der Waals surface area contributed by atoms with Crippen molar-refractivity contribution in [1.82, 2.24) is 9.88 Å². The molecule has 4 rings (SSSR count). The number of carbonyl (C=O) groups is 1. The number of primary amides is 1. The van der Waals surface area contributed by atoms with Crippen LogP contribution in [0.25, 0.3) is 11.1 Å². The van der Waals surface area contributed by atoms with Crippen LogP contribution in [0.5, 0.6) is 5.75 Å². The van der Waals surface area contributed by atoms with Crippen molar-refractivity contribution in [2.75, 3.05) is 26.8 Å². The molecule has 0 spiro atoms. The van der Waals surface area contributed by atoms with E-state index in [0.29, 0.717) is 12.2 Å². The van der Waals surface area contributed by atoms with Crippen LogP contribution in [0, 0.1) is 6.92 Å². The van der Waals surface area contributed by atoms with Gasteiger partial charge in [0.2, 0.25) is 5.91 Å². The molecule has 1 aliphatic heterocycles. The fourth-order valence-electron chi connectivity index (χ4n) is 3.84. The molecule has 1 unspecified atom stereocenters. The zero-order valence-corrected chi connectivity index (χ0v) is 17.9. The highest BCUT2D eigenvalue weighted by Gasteiger charge is 2.24. The molecule has 1 aliphatic rings. The van der Waals surface area contributed by atoms with Gasteiger partial charge in [0.15, 0.2) is 0 Å². The monoisotopic (exact) mass is 417 g/mol. The van der Waals surface area contributed by atoms with Gasteiger partial charge in [-0.15, -0.1) is 0 Å². The molecule has 0 aliphatic carbocycles. The van der Waals surface area contributed by atoms with Gasteiger partial charge in [-0.1, -0.05) is 30.3 Å². The van der Waals surface area contributed by atoms with Gasteiger partial charge in [0.05, 0.1) is 19.4 Å². The van der Waals surface area contributed by atoms with Gasteiger partial charge in [-0.3, -0.25) is 14.7 Å². The number of benzene rings is 2. The third-order valence-electron chi connectivity index (χ3n) is 5.61. The molecule has 0 bridgehead atoms. The fourth-order valence-corrected chi connectivity index (χ4v) is 3.84. The standard InChI is InChI=1S/C25H27N3O3/c1-17-3-4-21(23(13-17)30-2)15-28-11-12-31-24(16-28)22-10-9-20(14-27-22)18-5-7-19(8-6-18)25(26)29/h3-10,13-14,24H,11-12,15-16H2,1-2H3,(H2,26,29). The SMILES string of the molecule is COc1cc(C)ccc1CN1CCOC(c2ccc(-c3ccc(C(N)=O)cc3)cn2)C1. The van der Waals surface area contributed by atoms with Crippen LogP contribution in [0.2, 0.25) is 0 Å². The number of carbonyl (C=O) groups excluding carboxylic acids is 1. The van der Waals surface area contributed by atoms with Gasteiger partial charge < -0.3 is 15.2 Å². The fraction of sp³-hybridized carbons (Fsp3) is 0.280. The summed E-state index contributed by atoms with van der Waals surface area (Å²) < 4.78 is 11.6. The zero-order chi connectivity index (χ0) is 21.8. The molecule has 2 aromatic carbocycles. The van der Waals surface area contributed by atoms with Crippen LogP contribution >= 0.6 is 0 Å². The molecular formula is C25H27N3O3. The Labute approximate surface area is 182 Å². The molecule has 2 heterocycles. The van der Waals surface area contributed by atoms with E-state index in [1.54, 1.807) is 19.2 Å². The van der Waals surface area contributed by atoms with Crippen LogP contribution in [0.4, 0.5) is 0 Å². The number of aryl methyl sites for hydroxylation is 1. The molecule has 1 saturated heterocycles. The number of nitrogens with two attached hydrogens (primary N) is 1. The Hall–Kier alpha value is -3.22. The summed E-state index contributed by atoms with van der Waals surface area (Å²) in [5, 5.41) is 0. The third-order valence-corrected chi connectivity index (χ3v) is 5.61. The van der Waals surface area contributed by atoms with Crippen LogP contribution in [0.1, 0.15) is 33.3 Å². The van der Waals surface area contributed by atoms with Gasteiger partial charge >= 0.3 is 0 Å². The van der Waals surface area contributed by atoms with E-state index < -0.39 is 5.91 Å². The van der Waals surface area contributed by atoms with Gasteiger partial charge in [-0.25, -0.2) is 0 Å². The number of morpholine rings is 1. The first-order valence-corrected chi connectivity index (χ1v) is 10.4. The Balaban J connectivity index is 1.44. The maximum absolute atomic E-state index is 11.2. The minimum absolute atomic E-state index is 0.0727. The molecule has 3 aromatic rings. The lowest BCUT2D eigenvalue weighted by atomic mass is 10.0. The number of methoxy groups -OCH3 is 1. The van der Waals surface area contributed by atoms with E-state index in [9.17, 15) is 4.79 Å². The second-order valence-electron chi connectivity index (χ2n) is 7.82.